The summed E-state index contributed by atoms with van der Waals surface area (Å²) < 4.78 is 0. The van der Waals surface area contributed by atoms with E-state index >= 15 is 0 Å². The van der Waals surface area contributed by atoms with Crippen LogP contribution in [0.4, 0.5) is 4.79 Å². The van der Waals surface area contributed by atoms with Crippen LogP contribution in [0.5, 0.6) is 0 Å². The summed E-state index contributed by atoms with van der Waals surface area (Å²) in [5, 5.41) is 21.9. The van der Waals surface area contributed by atoms with Crippen molar-refractivity contribution in [2.75, 3.05) is 13.6 Å². The van der Waals surface area contributed by atoms with Crippen LogP contribution in [0.2, 0.25) is 0 Å². The number of nitrogens with one attached hydrogen (secondary N) is 1. The fourth-order valence-electron chi connectivity index (χ4n) is 0.836. The highest BCUT2D eigenvalue weighted by Crippen LogP contribution is 1.94. The molecule has 0 saturated carbocycles. The minimum absolute atomic E-state index is 0.0684. The van der Waals surface area contributed by atoms with Crippen LogP contribution >= 0.6 is 0 Å². The van der Waals surface area contributed by atoms with E-state index in [1.807, 2.05) is 0 Å². The summed E-state index contributed by atoms with van der Waals surface area (Å²) in [5.41, 5.74) is 3.34. The Morgan fingerprint density at radius 1 is 1.64 bits per heavy atom. The fraction of sp³-hybridized carbons (Fsp3) is 0.714. The Labute approximate surface area is 81.4 Å². The van der Waals surface area contributed by atoms with Crippen molar-refractivity contribution in [1.29, 1.82) is 0 Å². The van der Waals surface area contributed by atoms with Gasteiger partial charge in [-0.25, -0.2) is 9.86 Å². The number of hydrogen-bond donors (Lipinski definition) is 3. The molecule has 82 valence electrons. The SMILES string of the molecule is CNC(=O)N(O)CCC[C@H]([NH3+])C(=O)[O-]. The van der Waals surface area contributed by atoms with E-state index in [0.29, 0.717) is 11.5 Å². The van der Waals surface area contributed by atoms with Crippen LogP contribution in [0.25, 0.3) is 0 Å². The number of hydroxylamine groups is 2. The number of carbonyl (C=O) groups excluding carboxylic acids is 2. The third-order valence-electron chi connectivity index (χ3n) is 1.70. The Bertz CT molecular complexity index is 209. The summed E-state index contributed by atoms with van der Waals surface area (Å²) in [5.74, 6) is -1.23. The summed E-state index contributed by atoms with van der Waals surface area (Å²) >= 11 is 0. The normalized spacial score (nSPS) is 11.9. The van der Waals surface area contributed by atoms with Crippen LogP contribution in [0, 0.1) is 0 Å². The van der Waals surface area contributed by atoms with Gasteiger partial charge >= 0.3 is 6.03 Å². The van der Waals surface area contributed by atoms with E-state index in [2.05, 4.69) is 11.1 Å². The van der Waals surface area contributed by atoms with Crippen LogP contribution in [0.3, 0.4) is 0 Å². The van der Waals surface area contributed by atoms with E-state index < -0.39 is 18.0 Å². The molecule has 2 amide bonds. The van der Waals surface area contributed by atoms with Gasteiger partial charge in [-0.05, 0) is 6.42 Å². The topological polar surface area (TPSA) is 120 Å². The second kappa shape index (κ2) is 6.17. The second-order valence-corrected chi connectivity index (χ2v) is 2.84. The molecule has 0 aliphatic rings. The van der Waals surface area contributed by atoms with Gasteiger partial charge in [-0.15, -0.1) is 0 Å². The van der Waals surface area contributed by atoms with Crippen molar-refractivity contribution >= 4 is 12.0 Å². The second-order valence-electron chi connectivity index (χ2n) is 2.84. The molecule has 0 rings (SSSR count). The van der Waals surface area contributed by atoms with Gasteiger partial charge in [0.2, 0.25) is 0 Å². The molecule has 0 spiro atoms. The van der Waals surface area contributed by atoms with Gasteiger partial charge in [-0.3, -0.25) is 5.21 Å². The van der Waals surface area contributed by atoms with Gasteiger partial charge in [0, 0.05) is 13.5 Å². The highest BCUT2D eigenvalue weighted by molar-refractivity contribution is 5.72. The number of hydrogen-bond acceptors (Lipinski definition) is 4. The zero-order chi connectivity index (χ0) is 11.1. The molecule has 0 radical (unpaired) electrons. The van der Waals surface area contributed by atoms with Crippen molar-refractivity contribution in [3.63, 3.8) is 0 Å². The van der Waals surface area contributed by atoms with Gasteiger partial charge < -0.3 is 21.0 Å². The number of nitrogens with zero attached hydrogens (tertiary/aromatic N) is 1. The van der Waals surface area contributed by atoms with Crippen LogP contribution in [-0.4, -0.2) is 41.9 Å². The van der Waals surface area contributed by atoms with Crippen LogP contribution in [0.1, 0.15) is 12.8 Å². The minimum atomic E-state index is -1.23. The quantitative estimate of drug-likeness (QED) is 0.330. The lowest BCUT2D eigenvalue weighted by atomic mass is 10.2. The maximum atomic E-state index is 10.7. The van der Waals surface area contributed by atoms with Crippen molar-refractivity contribution in [2.45, 2.75) is 18.9 Å². The first-order chi connectivity index (χ1) is 6.49. The molecule has 0 saturated heterocycles. The highest BCUT2D eigenvalue weighted by Gasteiger charge is 2.10. The molecule has 7 nitrogen and oxygen atoms in total. The van der Waals surface area contributed by atoms with Gasteiger partial charge in [0.05, 0.1) is 12.5 Å². The minimum Gasteiger partial charge on any atom is -0.544 e. The molecular formula is C7H15N3O4. The number of aliphatic carboxylic acids is 1. The first-order valence-electron chi connectivity index (χ1n) is 4.21. The number of carboxylic acids is 1. The smallest absolute Gasteiger partial charge is 0.340 e. The van der Waals surface area contributed by atoms with Crippen molar-refractivity contribution in [3.05, 3.63) is 0 Å². The number of urea groups is 1. The van der Waals surface area contributed by atoms with Crippen molar-refractivity contribution < 1.29 is 25.6 Å². The Hall–Kier alpha value is -1.34. The molecule has 0 fully saturated rings. The van der Waals surface area contributed by atoms with Crippen LogP contribution < -0.4 is 16.2 Å². The largest absolute Gasteiger partial charge is 0.544 e. The monoisotopic (exact) mass is 205 g/mol. The number of carboxylic acid groups (broad SMARTS) is 1. The Kier molecular flexibility index (Phi) is 5.58. The number of carbonyl (C=O) groups is 2. The maximum Gasteiger partial charge on any atom is 0.340 e. The van der Waals surface area contributed by atoms with E-state index in [0.717, 1.165) is 0 Å². The van der Waals surface area contributed by atoms with Crippen molar-refractivity contribution in [1.82, 2.24) is 10.4 Å². The van der Waals surface area contributed by atoms with Gasteiger partial charge in [0.15, 0.2) is 0 Å². The molecule has 5 N–H and O–H groups in total. The van der Waals surface area contributed by atoms with E-state index in [9.17, 15) is 14.7 Å². The molecule has 1 atom stereocenters. The van der Waals surface area contributed by atoms with E-state index in [1.165, 1.54) is 7.05 Å². The molecule has 14 heavy (non-hydrogen) atoms. The lowest BCUT2D eigenvalue weighted by molar-refractivity contribution is -0.438. The highest BCUT2D eigenvalue weighted by atomic mass is 16.5. The molecule has 0 aromatic carbocycles. The Morgan fingerprint density at radius 3 is 2.64 bits per heavy atom. The average Bonchev–Trinajstić information content (AvgIpc) is 2.15. The standard InChI is InChI=1S/C7H15N3O4/c1-9-7(13)10(14)4-2-3-5(8)6(11)12/h5,14H,2-4,8H2,1H3,(H,9,13)(H,11,12)/t5-/m0/s1. The average molecular weight is 205 g/mol. The third-order valence-corrected chi connectivity index (χ3v) is 1.70. The first kappa shape index (κ1) is 12.7. The molecule has 0 aliphatic carbocycles. The molecule has 0 unspecified atom stereocenters. The zero-order valence-electron chi connectivity index (χ0n) is 8.02. The summed E-state index contributed by atoms with van der Waals surface area (Å²) in [6, 6.07) is -1.44. The predicted molar refractivity (Wildman–Crippen MR) is 43.9 cm³/mol. The Balaban J connectivity index is 3.64. The number of amides is 2. The summed E-state index contributed by atoms with van der Waals surface area (Å²) in [4.78, 5) is 21.0. The number of quaternary nitrogens is 1. The lowest BCUT2D eigenvalue weighted by Crippen LogP contribution is -2.68. The molecule has 0 aromatic heterocycles. The Morgan fingerprint density at radius 2 is 2.21 bits per heavy atom. The zero-order valence-corrected chi connectivity index (χ0v) is 8.02. The summed E-state index contributed by atoms with van der Waals surface area (Å²) in [6.07, 6.45) is 0.614. The maximum absolute atomic E-state index is 10.7. The lowest BCUT2D eigenvalue weighted by Gasteiger charge is -2.15. The molecule has 7 heteroatoms. The molecule has 0 bridgehead atoms. The van der Waals surface area contributed by atoms with Crippen molar-refractivity contribution in [3.8, 4) is 0 Å². The van der Waals surface area contributed by atoms with Crippen molar-refractivity contribution in [2.24, 2.45) is 0 Å². The summed E-state index contributed by atoms with van der Waals surface area (Å²) in [7, 11) is 1.39. The van der Waals surface area contributed by atoms with Crippen LogP contribution in [0.15, 0.2) is 0 Å². The summed E-state index contributed by atoms with van der Waals surface area (Å²) in [6.45, 7) is 0.0684. The van der Waals surface area contributed by atoms with E-state index in [4.69, 9.17) is 5.21 Å². The number of rotatable bonds is 5. The third kappa shape index (κ3) is 4.63. The molecule has 0 aromatic rings. The van der Waals surface area contributed by atoms with Gasteiger partial charge in [0.25, 0.3) is 0 Å². The fourth-order valence-corrected chi connectivity index (χ4v) is 0.836. The van der Waals surface area contributed by atoms with Crippen LogP contribution in [-0.2, 0) is 4.79 Å². The molecular weight excluding hydrogens is 190 g/mol. The van der Waals surface area contributed by atoms with E-state index in [1.54, 1.807) is 0 Å². The molecule has 0 aliphatic heterocycles. The van der Waals surface area contributed by atoms with Gasteiger partial charge in [0.1, 0.15) is 6.04 Å². The van der Waals surface area contributed by atoms with Gasteiger partial charge in [-0.2, -0.15) is 0 Å². The molecule has 0 heterocycles. The first-order valence-corrected chi connectivity index (χ1v) is 4.21. The van der Waals surface area contributed by atoms with E-state index in [-0.39, 0.29) is 13.0 Å². The van der Waals surface area contributed by atoms with Gasteiger partial charge in [-0.1, -0.05) is 0 Å². The predicted octanol–water partition coefficient (Wildman–Crippen LogP) is -2.84.